The fourth-order valence-electron chi connectivity index (χ4n) is 8.49. The van der Waals surface area contributed by atoms with Gasteiger partial charge in [0.15, 0.2) is 69.8 Å². The van der Waals surface area contributed by atoms with Crippen molar-refractivity contribution in [3.63, 3.8) is 0 Å². The molecule has 0 amide bonds. The van der Waals surface area contributed by atoms with Crippen molar-refractivity contribution in [2.45, 2.75) is 56.2 Å². The van der Waals surface area contributed by atoms with Gasteiger partial charge in [-0.2, -0.15) is 25.3 Å². The van der Waals surface area contributed by atoms with E-state index >= 15 is 35.1 Å². The second kappa shape index (κ2) is 24.2. The third-order valence-corrected chi connectivity index (χ3v) is 15.2. The molecule has 7 rings (SSSR count). The minimum absolute atomic E-state index is 0.0185. The van der Waals surface area contributed by atoms with Crippen LogP contribution >= 0.6 is 0 Å². The van der Waals surface area contributed by atoms with Crippen molar-refractivity contribution in [1.29, 1.82) is 0 Å². The topological polar surface area (TPSA) is 163 Å². The van der Waals surface area contributed by atoms with Gasteiger partial charge in [-0.3, -0.25) is 13.7 Å². The summed E-state index contributed by atoms with van der Waals surface area (Å²) in [7, 11) is -12.2. The van der Waals surface area contributed by atoms with Gasteiger partial charge >= 0.3 is 0 Å². The molecule has 7 aromatic carbocycles. The lowest BCUT2D eigenvalue weighted by atomic mass is 9.12. The number of benzene rings is 7. The molecule has 0 aliphatic carbocycles. The molecule has 0 heterocycles. The number of rotatable bonds is 7. The summed E-state index contributed by atoms with van der Waals surface area (Å²) >= 11 is 0. The summed E-state index contributed by atoms with van der Waals surface area (Å²) in [5.41, 5.74) is -10.9. The Kier molecular flexibility index (Phi) is 19.8. The zero-order valence-corrected chi connectivity index (χ0v) is 43.3. The van der Waals surface area contributed by atoms with E-state index in [1.807, 2.05) is 0 Å². The molecule has 0 aliphatic rings. The van der Waals surface area contributed by atoms with Crippen LogP contribution in [0.3, 0.4) is 0 Å². The molecule has 81 heavy (non-hydrogen) atoms. The molecule has 7 aromatic rings. The summed E-state index contributed by atoms with van der Waals surface area (Å²) < 4.78 is 385. The zero-order chi connectivity index (χ0) is 62.4. The largest absolute Gasteiger partial charge is 0.295 e. The molecule has 0 atom stereocenters. The molecule has 33 heteroatoms. The Morgan fingerprint density at radius 2 is 0.358 bits per heavy atom. The van der Waals surface area contributed by atoms with Gasteiger partial charge in [0.2, 0.25) is 0 Å². The molecule has 0 saturated heterocycles. The van der Waals surface area contributed by atoms with Crippen LogP contribution in [0.2, 0.25) is 0 Å². The van der Waals surface area contributed by atoms with Crippen LogP contribution in [0.15, 0.2) is 69.3 Å². The minimum atomic E-state index is -7.22. The van der Waals surface area contributed by atoms with E-state index in [2.05, 4.69) is 0 Å². The lowest BCUT2D eigenvalue weighted by Gasteiger charge is -2.44. The highest BCUT2D eigenvalue weighted by molar-refractivity contribution is 7.86. The monoisotopic (exact) mass is 1240 g/mol. The first-order valence-corrected chi connectivity index (χ1v) is 25.6. The second-order valence-corrected chi connectivity index (χ2v) is 21.0. The van der Waals surface area contributed by atoms with Crippen molar-refractivity contribution in [2.24, 2.45) is 0 Å². The average molecular weight is 1240 g/mol. The molecule has 3 N–H and O–H groups in total. The first kappa shape index (κ1) is 66.4. The third-order valence-electron chi connectivity index (χ3n) is 11.7. The number of aryl methyl sites for hydroxylation is 6. The third kappa shape index (κ3) is 12.3. The molecule has 0 radical (unpaired) electrons. The lowest BCUT2D eigenvalue weighted by molar-refractivity contribution is 0.378. The van der Waals surface area contributed by atoms with E-state index in [4.69, 9.17) is 13.7 Å². The second-order valence-electron chi connectivity index (χ2n) is 16.9. The van der Waals surface area contributed by atoms with Crippen LogP contribution in [-0.2, 0) is 30.4 Å². The van der Waals surface area contributed by atoms with E-state index < -0.39 is 175 Å². The first-order valence-electron chi connectivity index (χ1n) is 21.3. The normalized spacial score (nSPS) is 11.8. The van der Waals surface area contributed by atoms with Gasteiger partial charge in [-0.15, -0.1) is 21.9 Å². The number of halogens is 20. The van der Waals surface area contributed by atoms with Gasteiger partial charge in [0, 0.05) is 0 Å². The number of hydrogen-bond donors (Lipinski definition) is 3. The summed E-state index contributed by atoms with van der Waals surface area (Å²) in [6, 6.07) is 15.1. The van der Waals surface area contributed by atoms with E-state index in [1.54, 1.807) is 96.1 Å². The molecule has 0 unspecified atom stereocenters. The van der Waals surface area contributed by atoms with E-state index in [9.17, 15) is 77.9 Å². The zero-order valence-electron chi connectivity index (χ0n) is 40.8. The van der Waals surface area contributed by atoms with Crippen molar-refractivity contribution in [1.82, 2.24) is 0 Å². The van der Waals surface area contributed by atoms with Crippen LogP contribution < -0.4 is 21.9 Å². The molecule has 0 saturated carbocycles. The van der Waals surface area contributed by atoms with Gasteiger partial charge in [0.25, 0.3) is 30.4 Å². The molecular formula is C48H30BF20O9S3-. The summed E-state index contributed by atoms with van der Waals surface area (Å²) in [4.78, 5) is 0.0556. The Morgan fingerprint density at radius 1 is 0.247 bits per heavy atom. The molecule has 9 nitrogen and oxygen atoms in total. The summed E-state index contributed by atoms with van der Waals surface area (Å²) in [6.07, 6.45) is -7.22. The van der Waals surface area contributed by atoms with Crippen LogP contribution in [0, 0.1) is 158 Å². The van der Waals surface area contributed by atoms with Gasteiger partial charge in [-0.05, 0) is 74.9 Å². The molecule has 0 spiro atoms. The maximum absolute atomic E-state index is 15.4. The van der Waals surface area contributed by atoms with Crippen LogP contribution in [0.1, 0.15) is 33.4 Å². The predicted molar refractivity (Wildman–Crippen MR) is 246 cm³/mol. The van der Waals surface area contributed by atoms with Crippen LogP contribution in [-0.4, -0.2) is 45.1 Å². The van der Waals surface area contributed by atoms with Crippen molar-refractivity contribution in [2.75, 3.05) is 0 Å². The van der Waals surface area contributed by atoms with E-state index in [0.717, 1.165) is 0 Å². The Morgan fingerprint density at radius 3 is 0.457 bits per heavy atom. The number of hydrogen-bond acceptors (Lipinski definition) is 6. The fourth-order valence-corrected chi connectivity index (χ4v) is 11.3. The van der Waals surface area contributed by atoms with Crippen molar-refractivity contribution >= 4 is 58.4 Å². The predicted octanol–water partition coefficient (Wildman–Crippen LogP) is 10.5. The molecule has 0 aromatic heterocycles. The van der Waals surface area contributed by atoms with Gasteiger partial charge < -0.3 is 0 Å². The van der Waals surface area contributed by atoms with E-state index in [-0.39, 0.29) is 14.7 Å². The summed E-state index contributed by atoms with van der Waals surface area (Å²) in [5.74, 6) is -71.4. The van der Waals surface area contributed by atoms with Gasteiger partial charge in [-0.25, -0.2) is 87.8 Å². The Bertz CT molecular complexity index is 3430. The molecular weight excluding hydrogens is 1210 g/mol. The molecule has 0 bridgehead atoms. The first-order chi connectivity index (χ1) is 37.0. The fraction of sp³-hybridized carbons (Fsp3) is 0.125. The Labute approximate surface area is 444 Å². The molecule has 0 fully saturated rings. The Hall–Kier alpha value is -7.07. The van der Waals surface area contributed by atoms with Crippen molar-refractivity contribution < 1.29 is 127 Å². The maximum Gasteiger partial charge on any atom is 0.295 e. The maximum atomic E-state index is 15.4. The SMILES string of the molecule is Cc1cccc(C)c1S(=O)(=O)O.Cc1cccc(C)c1S(=O)(=O)O.Cc1cccc(C)c1S(=O)(=O)O.Fc1c(F)c(F)c([B-](c2c(F)c(F)c(F)c(F)c2F)(c2c(F)c(F)c(F)c(F)c2F)c2c(F)c(F)c(F)c(F)c2F)c(F)c1F. The Balaban J connectivity index is 0.000000312. The molecule has 438 valence electrons. The van der Waals surface area contributed by atoms with Gasteiger partial charge in [0.1, 0.15) is 52.7 Å². The quantitative estimate of drug-likeness (QED) is 0.0464. The summed E-state index contributed by atoms with van der Waals surface area (Å²) in [5, 5.41) is 0. The van der Waals surface area contributed by atoms with Crippen LogP contribution in [0.25, 0.3) is 0 Å². The minimum Gasteiger partial charge on any atom is -0.282 e. The standard InChI is InChI=1S/C24BF20.3C8H10O3S/c26-5-1(6(27)14(35)21(42)13(5)34)25(2-7(28)15(36)22(43)16(37)8(2)29,3-9(30)17(38)23(44)18(39)10(3)31)4-11(32)19(40)24(45)20(41)12(4)33;3*1-6-4-3-5-7(2)8(6)12(9,10)11/h;3*3-5H,1-2H3,(H,9,10,11)/q-1;;;. The lowest BCUT2D eigenvalue weighted by Crippen LogP contribution is -2.81. The van der Waals surface area contributed by atoms with Gasteiger partial charge in [-0.1, -0.05) is 54.6 Å². The van der Waals surface area contributed by atoms with E-state index in [0.29, 0.717) is 33.4 Å². The van der Waals surface area contributed by atoms with Crippen LogP contribution in [0.5, 0.6) is 0 Å². The smallest absolute Gasteiger partial charge is 0.282 e. The van der Waals surface area contributed by atoms with Crippen molar-refractivity contribution in [3.05, 3.63) is 204 Å². The highest BCUT2D eigenvalue weighted by Crippen LogP contribution is 2.31. The van der Waals surface area contributed by atoms with Crippen LogP contribution in [0.4, 0.5) is 87.8 Å². The van der Waals surface area contributed by atoms with Gasteiger partial charge in [0.05, 0.1) is 14.7 Å². The highest BCUT2D eigenvalue weighted by Gasteiger charge is 2.52. The average Bonchev–Trinajstić information content (AvgIpc) is 3.35. The van der Waals surface area contributed by atoms with E-state index in [1.165, 1.54) is 0 Å². The molecule has 0 aliphatic heterocycles. The summed E-state index contributed by atoms with van der Waals surface area (Å²) in [6.45, 7) is 9.89. The van der Waals surface area contributed by atoms with Crippen molar-refractivity contribution in [3.8, 4) is 0 Å². The highest BCUT2D eigenvalue weighted by atomic mass is 32.2.